The largest absolute Gasteiger partial charge is 0.378 e. The number of imidazole rings is 1. The number of hydrogen-bond acceptors (Lipinski definition) is 2. The summed E-state index contributed by atoms with van der Waals surface area (Å²) >= 11 is 0. The van der Waals surface area contributed by atoms with Gasteiger partial charge in [-0.25, -0.2) is 4.79 Å². The predicted molar refractivity (Wildman–Crippen MR) is 86.9 cm³/mol. The molecule has 0 aliphatic rings. The number of aromatic amines is 2. The monoisotopic (exact) mass is 281 g/mol. The van der Waals surface area contributed by atoms with E-state index >= 15 is 0 Å². The number of fused-ring (bicyclic) bond motifs is 1. The van der Waals surface area contributed by atoms with Gasteiger partial charge in [0.05, 0.1) is 11.0 Å². The third kappa shape index (κ3) is 2.70. The molecule has 108 valence electrons. The van der Waals surface area contributed by atoms with E-state index in [1.807, 2.05) is 18.2 Å². The van der Waals surface area contributed by atoms with E-state index in [0.29, 0.717) is 0 Å². The van der Waals surface area contributed by atoms with E-state index in [0.717, 1.165) is 16.7 Å². The van der Waals surface area contributed by atoms with Crippen LogP contribution in [0.5, 0.6) is 0 Å². The number of benzene rings is 2. The summed E-state index contributed by atoms with van der Waals surface area (Å²) in [5, 5.41) is 3.49. The average molecular weight is 281 g/mol. The molecular formula is C17H19N3O. The van der Waals surface area contributed by atoms with Crippen molar-refractivity contribution in [1.29, 1.82) is 0 Å². The number of rotatable bonds is 3. The fourth-order valence-corrected chi connectivity index (χ4v) is 2.68. The van der Waals surface area contributed by atoms with E-state index in [9.17, 15) is 4.79 Å². The summed E-state index contributed by atoms with van der Waals surface area (Å²) < 4.78 is 0. The number of H-pyrrole nitrogens is 2. The predicted octanol–water partition coefficient (Wildman–Crippen LogP) is 3.65. The summed E-state index contributed by atoms with van der Waals surface area (Å²) in [5.41, 5.74) is 6.28. The van der Waals surface area contributed by atoms with Gasteiger partial charge in [0, 0.05) is 11.7 Å². The normalized spacial score (nSPS) is 12.5. The zero-order chi connectivity index (χ0) is 15.0. The lowest BCUT2D eigenvalue weighted by Gasteiger charge is -2.18. The van der Waals surface area contributed by atoms with Gasteiger partial charge in [0.1, 0.15) is 0 Å². The van der Waals surface area contributed by atoms with E-state index in [-0.39, 0.29) is 11.7 Å². The first-order chi connectivity index (χ1) is 10.0. The number of aryl methyl sites for hydroxylation is 2. The average Bonchev–Trinajstić information content (AvgIpc) is 2.80. The van der Waals surface area contributed by atoms with Gasteiger partial charge in [-0.2, -0.15) is 0 Å². The van der Waals surface area contributed by atoms with Crippen LogP contribution in [0.25, 0.3) is 11.0 Å². The van der Waals surface area contributed by atoms with Crippen molar-refractivity contribution in [3.8, 4) is 0 Å². The highest BCUT2D eigenvalue weighted by Gasteiger charge is 2.09. The van der Waals surface area contributed by atoms with Gasteiger partial charge in [0.2, 0.25) is 0 Å². The molecule has 3 N–H and O–H groups in total. The van der Waals surface area contributed by atoms with Gasteiger partial charge in [0.15, 0.2) is 0 Å². The minimum atomic E-state index is -0.176. The maximum absolute atomic E-state index is 11.3. The van der Waals surface area contributed by atoms with E-state index in [1.165, 1.54) is 16.7 Å². The third-order valence-electron chi connectivity index (χ3n) is 3.80. The van der Waals surface area contributed by atoms with Crippen LogP contribution in [0.4, 0.5) is 5.69 Å². The smallest absolute Gasteiger partial charge is 0.323 e. The van der Waals surface area contributed by atoms with E-state index in [2.05, 4.69) is 54.3 Å². The van der Waals surface area contributed by atoms with Crippen molar-refractivity contribution in [1.82, 2.24) is 9.97 Å². The van der Waals surface area contributed by atoms with E-state index in [4.69, 9.17) is 0 Å². The van der Waals surface area contributed by atoms with Crippen LogP contribution >= 0.6 is 0 Å². The summed E-state index contributed by atoms with van der Waals surface area (Å²) in [7, 11) is 0. The second-order valence-electron chi connectivity index (χ2n) is 5.57. The molecule has 0 saturated heterocycles. The fraction of sp³-hybridized carbons (Fsp3) is 0.235. The standard InChI is InChI=1S/C17H19N3O/c1-10-4-5-11(2)14(8-10)12(3)18-13-6-7-15-16(9-13)20-17(21)19-15/h4-9,12,18H,1-3H3,(H2,19,20,21). The Morgan fingerprint density at radius 2 is 1.76 bits per heavy atom. The van der Waals surface area contributed by atoms with Gasteiger partial charge < -0.3 is 15.3 Å². The number of nitrogens with one attached hydrogen (secondary N) is 3. The molecule has 2 aromatic carbocycles. The first-order valence-corrected chi connectivity index (χ1v) is 7.08. The highest BCUT2D eigenvalue weighted by molar-refractivity contribution is 5.78. The first-order valence-electron chi connectivity index (χ1n) is 7.08. The molecule has 0 aliphatic carbocycles. The topological polar surface area (TPSA) is 60.7 Å². The molecule has 0 spiro atoms. The summed E-state index contributed by atoms with van der Waals surface area (Å²) in [6, 6.07) is 12.5. The molecule has 0 bridgehead atoms. The molecule has 3 rings (SSSR count). The Kier molecular flexibility index (Phi) is 3.29. The lowest BCUT2D eigenvalue weighted by molar-refractivity contribution is 0.872. The van der Waals surface area contributed by atoms with Crippen molar-refractivity contribution in [2.75, 3.05) is 5.32 Å². The lowest BCUT2D eigenvalue weighted by atomic mass is 10.00. The molecule has 1 heterocycles. The molecule has 0 saturated carbocycles. The van der Waals surface area contributed by atoms with Gasteiger partial charge in [0.25, 0.3) is 0 Å². The minimum absolute atomic E-state index is 0.176. The van der Waals surface area contributed by atoms with Crippen LogP contribution < -0.4 is 11.0 Å². The first kappa shape index (κ1) is 13.5. The zero-order valence-corrected chi connectivity index (χ0v) is 12.4. The molecule has 1 unspecified atom stereocenters. The summed E-state index contributed by atoms with van der Waals surface area (Å²) in [6.45, 7) is 6.37. The van der Waals surface area contributed by atoms with Gasteiger partial charge in [-0.15, -0.1) is 0 Å². The van der Waals surface area contributed by atoms with Gasteiger partial charge in [-0.1, -0.05) is 23.8 Å². The molecule has 0 radical (unpaired) electrons. The minimum Gasteiger partial charge on any atom is -0.378 e. The Hall–Kier alpha value is -2.49. The van der Waals surface area contributed by atoms with Crippen LogP contribution in [-0.4, -0.2) is 9.97 Å². The van der Waals surface area contributed by atoms with Crippen molar-refractivity contribution >= 4 is 16.7 Å². The summed E-state index contributed by atoms with van der Waals surface area (Å²) in [4.78, 5) is 16.8. The molecule has 0 amide bonds. The molecule has 1 atom stereocenters. The second-order valence-corrected chi connectivity index (χ2v) is 5.57. The maximum atomic E-state index is 11.3. The van der Waals surface area contributed by atoms with Crippen molar-refractivity contribution < 1.29 is 0 Å². The van der Waals surface area contributed by atoms with Gasteiger partial charge in [-0.05, 0) is 50.1 Å². The lowest BCUT2D eigenvalue weighted by Crippen LogP contribution is -2.08. The highest BCUT2D eigenvalue weighted by Crippen LogP contribution is 2.24. The van der Waals surface area contributed by atoms with Gasteiger partial charge >= 0.3 is 5.69 Å². The maximum Gasteiger partial charge on any atom is 0.323 e. The number of anilines is 1. The Labute approximate surface area is 123 Å². The van der Waals surface area contributed by atoms with Crippen molar-refractivity contribution in [3.63, 3.8) is 0 Å². The van der Waals surface area contributed by atoms with Crippen LogP contribution in [0.3, 0.4) is 0 Å². The van der Waals surface area contributed by atoms with Crippen LogP contribution in [0.15, 0.2) is 41.2 Å². The second kappa shape index (κ2) is 5.13. The Morgan fingerprint density at radius 1 is 1.00 bits per heavy atom. The molecule has 21 heavy (non-hydrogen) atoms. The number of hydrogen-bond donors (Lipinski definition) is 3. The Morgan fingerprint density at radius 3 is 2.57 bits per heavy atom. The van der Waals surface area contributed by atoms with E-state index < -0.39 is 0 Å². The molecule has 1 aromatic heterocycles. The Bertz CT molecular complexity index is 845. The summed E-state index contributed by atoms with van der Waals surface area (Å²) in [6.07, 6.45) is 0. The van der Waals surface area contributed by atoms with Crippen LogP contribution in [0.1, 0.15) is 29.7 Å². The van der Waals surface area contributed by atoms with Crippen LogP contribution in [0, 0.1) is 13.8 Å². The van der Waals surface area contributed by atoms with Gasteiger partial charge in [-0.3, -0.25) is 0 Å². The SMILES string of the molecule is Cc1ccc(C)c(C(C)Nc2ccc3[nH]c(=O)[nH]c3c2)c1. The molecule has 4 nitrogen and oxygen atoms in total. The molecule has 0 fully saturated rings. The molecule has 3 aromatic rings. The highest BCUT2D eigenvalue weighted by atomic mass is 16.1. The summed E-state index contributed by atoms with van der Waals surface area (Å²) in [5.74, 6) is 0. The molecule has 4 heteroatoms. The molecule has 0 aliphatic heterocycles. The van der Waals surface area contributed by atoms with Crippen molar-refractivity contribution in [2.24, 2.45) is 0 Å². The van der Waals surface area contributed by atoms with E-state index in [1.54, 1.807) is 0 Å². The van der Waals surface area contributed by atoms with Crippen molar-refractivity contribution in [3.05, 3.63) is 63.6 Å². The Balaban J connectivity index is 1.90. The molecular weight excluding hydrogens is 262 g/mol. The van der Waals surface area contributed by atoms with Crippen LogP contribution in [-0.2, 0) is 0 Å². The fourth-order valence-electron chi connectivity index (χ4n) is 2.68. The zero-order valence-electron chi connectivity index (χ0n) is 12.4. The van der Waals surface area contributed by atoms with Crippen molar-refractivity contribution in [2.45, 2.75) is 26.8 Å². The third-order valence-corrected chi connectivity index (χ3v) is 3.80. The quantitative estimate of drug-likeness (QED) is 0.686. The number of aromatic nitrogens is 2. The van der Waals surface area contributed by atoms with Crippen LogP contribution in [0.2, 0.25) is 0 Å².